The number of hydrogen-bond acceptors (Lipinski definition) is 7. The van der Waals surface area contributed by atoms with E-state index < -0.39 is 6.09 Å². The molecule has 0 radical (unpaired) electrons. The molecule has 55 heavy (non-hydrogen) atoms. The number of carbonyl (C=O) groups excluding carboxylic acids is 1. The minimum atomic E-state index is -0.437. The van der Waals surface area contributed by atoms with Crippen LogP contribution in [0, 0.1) is 5.82 Å². The van der Waals surface area contributed by atoms with E-state index in [2.05, 4.69) is 82.6 Å². The Kier molecular flexibility index (Phi) is 14.8. The second-order valence-electron chi connectivity index (χ2n) is 14.2. The molecule has 2 atom stereocenters. The Hall–Kier alpha value is -5.06. The quantitative estimate of drug-likeness (QED) is 0.116. The number of amides is 1. The summed E-state index contributed by atoms with van der Waals surface area (Å²) in [6.45, 7) is 9.40. The summed E-state index contributed by atoms with van der Waals surface area (Å²) in [4.78, 5) is 20.8. The van der Waals surface area contributed by atoms with Crippen LogP contribution in [0.2, 0.25) is 0 Å². The zero-order valence-corrected chi connectivity index (χ0v) is 31.8. The lowest BCUT2D eigenvalue weighted by Gasteiger charge is -2.29. The van der Waals surface area contributed by atoms with Crippen molar-refractivity contribution in [3.63, 3.8) is 0 Å². The summed E-state index contributed by atoms with van der Waals surface area (Å²) >= 11 is 0. The summed E-state index contributed by atoms with van der Waals surface area (Å²) in [5, 5.41) is 9.94. The summed E-state index contributed by atoms with van der Waals surface area (Å²) in [6.07, 6.45) is -0.215. The van der Waals surface area contributed by atoms with Crippen LogP contribution in [0.5, 0.6) is 0 Å². The van der Waals surface area contributed by atoms with Crippen LogP contribution in [-0.2, 0) is 35.7 Å². The maximum atomic E-state index is 14.9. The number of nitrogens with zero attached hydrogens (tertiary/aromatic N) is 4. The molecule has 7 rings (SSSR count). The van der Waals surface area contributed by atoms with E-state index in [0.717, 1.165) is 32.6 Å². The average molecular weight is 745 g/mol. The van der Waals surface area contributed by atoms with Crippen LogP contribution in [0.15, 0.2) is 140 Å². The largest absolute Gasteiger partial charge is 0.443 e. The van der Waals surface area contributed by atoms with Crippen LogP contribution in [-0.4, -0.2) is 79.1 Å². The summed E-state index contributed by atoms with van der Waals surface area (Å²) in [7, 11) is 0. The van der Waals surface area contributed by atoms with Crippen LogP contribution >= 0.6 is 0 Å². The van der Waals surface area contributed by atoms with Gasteiger partial charge in [0, 0.05) is 52.4 Å². The predicted molar refractivity (Wildman–Crippen MR) is 217 cm³/mol. The molecule has 0 spiro atoms. The maximum Gasteiger partial charge on any atom is 0.414 e. The summed E-state index contributed by atoms with van der Waals surface area (Å²) < 4.78 is 26.0. The zero-order chi connectivity index (χ0) is 38.2. The highest BCUT2D eigenvalue weighted by Crippen LogP contribution is 2.29. The van der Waals surface area contributed by atoms with Gasteiger partial charge in [-0.25, -0.2) is 9.18 Å². The van der Waals surface area contributed by atoms with Crippen LogP contribution in [0.4, 0.5) is 20.6 Å². The summed E-state index contributed by atoms with van der Waals surface area (Å²) in [6, 6.07) is 46.4. The van der Waals surface area contributed by atoms with Gasteiger partial charge in [-0.2, -0.15) is 0 Å². The number of halogens is 1. The fourth-order valence-corrected chi connectivity index (χ4v) is 7.00. The molecule has 0 bridgehead atoms. The molecule has 0 unspecified atom stereocenters. The van der Waals surface area contributed by atoms with E-state index in [-0.39, 0.29) is 18.0 Å². The van der Waals surface area contributed by atoms with E-state index in [0.29, 0.717) is 57.3 Å². The van der Waals surface area contributed by atoms with Gasteiger partial charge < -0.3 is 19.5 Å². The topological polar surface area (TPSA) is 68.7 Å². The molecule has 8 nitrogen and oxygen atoms in total. The molecule has 0 aromatic heterocycles. The smallest absolute Gasteiger partial charge is 0.414 e. The van der Waals surface area contributed by atoms with Gasteiger partial charge >= 0.3 is 6.09 Å². The number of benzene rings is 5. The number of carbonyl (C=O) groups is 1. The van der Waals surface area contributed by atoms with E-state index >= 15 is 0 Å². The maximum absolute atomic E-state index is 14.9. The Bertz CT molecular complexity index is 1780. The molecule has 1 amide bonds. The van der Waals surface area contributed by atoms with Gasteiger partial charge in [-0.05, 0) is 46.9 Å². The lowest BCUT2D eigenvalue weighted by Crippen LogP contribution is -2.37. The van der Waals surface area contributed by atoms with Crippen molar-refractivity contribution in [2.45, 2.75) is 51.7 Å². The SMILES string of the molecule is CC[C@@H](O)CN(Cc1ccccc1)Cc1ccccc1.O=C1O[C@@H](CN(Cc2ccccc2)Cc2ccccc2)CN1c1ccc(N2CCOCC2)c(F)c1. The Balaban J connectivity index is 0.000000219. The van der Waals surface area contributed by atoms with Crippen molar-refractivity contribution in [3.8, 4) is 0 Å². The molecule has 2 fully saturated rings. The summed E-state index contributed by atoms with van der Waals surface area (Å²) in [5.41, 5.74) is 6.02. The van der Waals surface area contributed by atoms with Crippen molar-refractivity contribution in [1.82, 2.24) is 9.80 Å². The van der Waals surface area contributed by atoms with Gasteiger partial charge in [0.05, 0.1) is 37.2 Å². The van der Waals surface area contributed by atoms with Crippen molar-refractivity contribution < 1.29 is 23.8 Å². The van der Waals surface area contributed by atoms with E-state index in [1.165, 1.54) is 33.2 Å². The first-order valence-corrected chi connectivity index (χ1v) is 19.3. The minimum absolute atomic E-state index is 0.262. The third kappa shape index (κ3) is 12.2. The molecular formula is C46H53FN4O4. The Labute approximate surface area is 325 Å². The van der Waals surface area contributed by atoms with Crippen LogP contribution in [0.3, 0.4) is 0 Å². The standard InChI is InChI=1S/C28H30FN3O3.C18H23NO/c29-26-17-24(11-12-27(26)31-13-15-34-16-14-31)32-21-25(35-28(32)33)20-30(18-22-7-3-1-4-8-22)19-23-9-5-2-6-10-23;1-2-18(20)15-19(13-16-9-5-3-6-10-16)14-17-11-7-4-8-12-17/h1-12,17,25H,13-16,18-21H2;3-12,18,20H,2,13-15H2,1H3/t25-;18-/m01/s1. The number of cyclic esters (lactones) is 1. The molecule has 2 saturated heterocycles. The number of rotatable bonds is 15. The van der Waals surface area contributed by atoms with Gasteiger partial charge in [-0.1, -0.05) is 128 Å². The van der Waals surface area contributed by atoms with Crippen molar-refractivity contribution in [3.05, 3.63) is 168 Å². The van der Waals surface area contributed by atoms with Crippen molar-refractivity contribution in [2.24, 2.45) is 0 Å². The van der Waals surface area contributed by atoms with Gasteiger partial charge in [-0.15, -0.1) is 0 Å². The van der Waals surface area contributed by atoms with Crippen molar-refractivity contribution in [2.75, 3.05) is 55.7 Å². The molecule has 0 aliphatic carbocycles. The van der Waals surface area contributed by atoms with Gasteiger partial charge in [0.15, 0.2) is 0 Å². The second kappa shape index (κ2) is 20.6. The highest BCUT2D eigenvalue weighted by molar-refractivity contribution is 5.90. The van der Waals surface area contributed by atoms with Crippen LogP contribution < -0.4 is 9.80 Å². The van der Waals surface area contributed by atoms with Gasteiger partial charge in [0.2, 0.25) is 0 Å². The Morgan fingerprint density at radius 1 is 0.709 bits per heavy atom. The lowest BCUT2D eigenvalue weighted by molar-refractivity contribution is 0.101. The lowest BCUT2D eigenvalue weighted by atomic mass is 10.1. The fourth-order valence-electron chi connectivity index (χ4n) is 7.00. The number of aliphatic hydroxyl groups is 1. The van der Waals surface area contributed by atoms with Gasteiger partial charge in [0.1, 0.15) is 11.9 Å². The third-order valence-corrected chi connectivity index (χ3v) is 9.87. The first-order chi connectivity index (χ1) is 26.9. The predicted octanol–water partition coefficient (Wildman–Crippen LogP) is 8.15. The molecule has 5 aromatic rings. The normalized spacial score (nSPS) is 16.2. The molecule has 2 aliphatic heterocycles. The first kappa shape index (κ1) is 39.6. The number of ether oxygens (including phenoxy) is 2. The monoisotopic (exact) mass is 744 g/mol. The molecular weight excluding hydrogens is 692 g/mol. The molecule has 9 heteroatoms. The number of morpholine rings is 1. The molecule has 0 saturated carbocycles. The minimum Gasteiger partial charge on any atom is -0.443 e. The Morgan fingerprint density at radius 2 is 1.18 bits per heavy atom. The van der Waals surface area contributed by atoms with E-state index in [9.17, 15) is 14.3 Å². The summed E-state index contributed by atoms with van der Waals surface area (Å²) in [5.74, 6) is -0.338. The first-order valence-electron chi connectivity index (χ1n) is 19.3. The van der Waals surface area contributed by atoms with Crippen molar-refractivity contribution >= 4 is 17.5 Å². The van der Waals surface area contributed by atoms with E-state index in [1.54, 1.807) is 12.1 Å². The molecule has 1 N–H and O–H groups in total. The fraction of sp³-hybridized carbons (Fsp3) is 0.326. The second-order valence-corrected chi connectivity index (χ2v) is 14.2. The third-order valence-electron chi connectivity index (χ3n) is 9.87. The average Bonchev–Trinajstić information content (AvgIpc) is 3.59. The highest BCUT2D eigenvalue weighted by atomic mass is 19.1. The number of anilines is 2. The van der Waals surface area contributed by atoms with Crippen molar-refractivity contribution in [1.29, 1.82) is 0 Å². The van der Waals surface area contributed by atoms with Crippen LogP contribution in [0.1, 0.15) is 35.6 Å². The highest BCUT2D eigenvalue weighted by Gasteiger charge is 2.34. The van der Waals surface area contributed by atoms with E-state index in [4.69, 9.17) is 9.47 Å². The molecule has 5 aromatic carbocycles. The zero-order valence-electron chi connectivity index (χ0n) is 31.8. The van der Waals surface area contributed by atoms with E-state index in [1.807, 2.05) is 60.4 Å². The number of aliphatic hydroxyl groups excluding tert-OH is 1. The van der Waals surface area contributed by atoms with Gasteiger partial charge in [-0.3, -0.25) is 14.7 Å². The van der Waals surface area contributed by atoms with Crippen LogP contribution in [0.25, 0.3) is 0 Å². The van der Waals surface area contributed by atoms with Gasteiger partial charge in [0.25, 0.3) is 0 Å². The molecule has 288 valence electrons. The molecule has 2 heterocycles. The number of hydrogen-bond donors (Lipinski definition) is 1. The Morgan fingerprint density at radius 3 is 1.64 bits per heavy atom. The molecule has 2 aliphatic rings.